The molecule has 2 aliphatic heterocycles. The molecule has 1 aromatic heterocycles. The Hall–Kier alpha value is -2.14. The fourth-order valence-corrected chi connectivity index (χ4v) is 5.06. The van der Waals surface area contributed by atoms with E-state index in [9.17, 15) is 4.79 Å². The van der Waals surface area contributed by atoms with E-state index >= 15 is 0 Å². The van der Waals surface area contributed by atoms with Gasteiger partial charge in [0, 0.05) is 31.2 Å². The summed E-state index contributed by atoms with van der Waals surface area (Å²) in [6.45, 7) is 8.68. The van der Waals surface area contributed by atoms with Crippen LogP contribution in [0.15, 0.2) is 30.3 Å². The molecule has 0 aliphatic carbocycles. The van der Waals surface area contributed by atoms with Gasteiger partial charge in [-0.2, -0.15) is 5.10 Å². The van der Waals surface area contributed by atoms with E-state index in [4.69, 9.17) is 0 Å². The first kappa shape index (κ1) is 21.1. The molecule has 2 saturated heterocycles. The molecular weight excluding hydrogens is 372 g/mol. The van der Waals surface area contributed by atoms with Crippen molar-refractivity contribution < 1.29 is 4.79 Å². The molecule has 5 nitrogen and oxygen atoms in total. The number of amides is 1. The Morgan fingerprint density at radius 1 is 1.03 bits per heavy atom. The van der Waals surface area contributed by atoms with E-state index in [1.54, 1.807) is 0 Å². The molecule has 0 bridgehead atoms. The molecule has 4 rings (SSSR count). The van der Waals surface area contributed by atoms with Gasteiger partial charge in [-0.05, 0) is 95.6 Å². The first-order chi connectivity index (χ1) is 14.6. The van der Waals surface area contributed by atoms with Crippen LogP contribution in [-0.4, -0.2) is 57.7 Å². The number of carbonyl (C=O) groups excluding carboxylic acids is 1. The average molecular weight is 409 g/mol. The quantitative estimate of drug-likeness (QED) is 0.686. The summed E-state index contributed by atoms with van der Waals surface area (Å²) in [5.41, 5.74) is 4.47. The first-order valence-corrected chi connectivity index (χ1v) is 11.7. The van der Waals surface area contributed by atoms with Crippen molar-refractivity contribution in [3.63, 3.8) is 0 Å². The maximum absolute atomic E-state index is 13.0. The van der Waals surface area contributed by atoms with Gasteiger partial charge in [-0.3, -0.25) is 4.79 Å². The second kappa shape index (κ2) is 9.78. The van der Waals surface area contributed by atoms with Crippen molar-refractivity contribution in [2.45, 2.75) is 71.3 Å². The van der Waals surface area contributed by atoms with Crippen molar-refractivity contribution in [3.8, 4) is 5.69 Å². The molecule has 0 radical (unpaired) electrons. The van der Waals surface area contributed by atoms with Crippen molar-refractivity contribution >= 4 is 5.91 Å². The largest absolute Gasteiger partial charge is 0.340 e. The number of likely N-dealkylation sites (tertiary alicyclic amines) is 2. The van der Waals surface area contributed by atoms with Crippen LogP contribution in [0.3, 0.4) is 0 Å². The Kier molecular flexibility index (Phi) is 6.88. The standard InChI is InChI=1S/C25H36N4O/c1-20-19-21(2)29(26-20)24-11-8-22(9-12-24)10-13-25(30)28-17-4-3-7-23(28)14-18-27-15-5-6-16-27/h8-9,11-12,19,23H,3-7,10,13-18H2,1-2H3/t23-/m1/s1. The Bertz CT molecular complexity index is 835. The van der Waals surface area contributed by atoms with Crippen LogP contribution in [0.25, 0.3) is 5.69 Å². The maximum Gasteiger partial charge on any atom is 0.223 e. The summed E-state index contributed by atoms with van der Waals surface area (Å²) in [5.74, 6) is 0.337. The predicted octanol–water partition coefficient (Wildman–Crippen LogP) is 4.29. The third kappa shape index (κ3) is 5.12. The van der Waals surface area contributed by atoms with E-state index in [1.165, 1.54) is 44.3 Å². The SMILES string of the molecule is Cc1cc(C)n(-c2ccc(CCC(=O)N3CCCC[C@@H]3CCN3CCCC3)cc2)n1. The molecule has 1 amide bonds. The molecule has 0 spiro atoms. The van der Waals surface area contributed by atoms with E-state index in [2.05, 4.69) is 52.2 Å². The van der Waals surface area contributed by atoms with Crippen LogP contribution >= 0.6 is 0 Å². The first-order valence-electron chi connectivity index (χ1n) is 11.7. The summed E-state index contributed by atoms with van der Waals surface area (Å²) in [7, 11) is 0. The zero-order chi connectivity index (χ0) is 20.9. The fraction of sp³-hybridized carbons (Fsp3) is 0.600. The van der Waals surface area contributed by atoms with E-state index < -0.39 is 0 Å². The van der Waals surface area contributed by atoms with Crippen molar-refractivity contribution in [2.75, 3.05) is 26.2 Å². The lowest BCUT2D eigenvalue weighted by atomic mass is 9.98. The lowest BCUT2D eigenvalue weighted by Crippen LogP contribution is -2.45. The molecule has 2 aliphatic rings. The molecule has 2 aromatic rings. The number of benzene rings is 1. The highest BCUT2D eigenvalue weighted by atomic mass is 16.2. The molecule has 5 heteroatoms. The summed E-state index contributed by atoms with van der Waals surface area (Å²) < 4.78 is 1.98. The Balaban J connectivity index is 1.30. The third-order valence-electron chi connectivity index (χ3n) is 6.74. The molecule has 1 aromatic carbocycles. The number of hydrogen-bond acceptors (Lipinski definition) is 3. The van der Waals surface area contributed by atoms with Crippen LogP contribution in [0.5, 0.6) is 0 Å². The van der Waals surface area contributed by atoms with Crippen molar-refractivity contribution in [2.24, 2.45) is 0 Å². The highest BCUT2D eigenvalue weighted by molar-refractivity contribution is 5.77. The normalized spacial score (nSPS) is 20.1. The van der Waals surface area contributed by atoms with Gasteiger partial charge in [0.2, 0.25) is 5.91 Å². The van der Waals surface area contributed by atoms with Gasteiger partial charge >= 0.3 is 0 Å². The summed E-state index contributed by atoms with van der Waals surface area (Å²) in [6.07, 6.45) is 8.84. The second-order valence-corrected chi connectivity index (χ2v) is 9.08. The van der Waals surface area contributed by atoms with Crippen LogP contribution in [0.4, 0.5) is 0 Å². The number of nitrogens with zero attached hydrogens (tertiary/aromatic N) is 4. The fourth-order valence-electron chi connectivity index (χ4n) is 5.06. The summed E-state index contributed by atoms with van der Waals surface area (Å²) in [4.78, 5) is 17.8. The molecule has 0 saturated carbocycles. The molecule has 30 heavy (non-hydrogen) atoms. The van der Waals surface area contributed by atoms with Gasteiger partial charge < -0.3 is 9.80 Å². The maximum atomic E-state index is 13.0. The van der Waals surface area contributed by atoms with E-state index in [1.807, 2.05) is 11.6 Å². The minimum Gasteiger partial charge on any atom is -0.340 e. The Morgan fingerprint density at radius 3 is 2.47 bits per heavy atom. The molecular formula is C25H36N4O. The lowest BCUT2D eigenvalue weighted by molar-refractivity contribution is -0.135. The van der Waals surface area contributed by atoms with E-state index in [0.29, 0.717) is 18.4 Å². The number of piperidine rings is 1. The van der Waals surface area contributed by atoms with Crippen LogP contribution < -0.4 is 0 Å². The van der Waals surface area contributed by atoms with Gasteiger partial charge in [0.1, 0.15) is 0 Å². The van der Waals surface area contributed by atoms with Gasteiger partial charge in [-0.15, -0.1) is 0 Å². The zero-order valence-electron chi connectivity index (χ0n) is 18.6. The summed E-state index contributed by atoms with van der Waals surface area (Å²) in [6, 6.07) is 11.0. The van der Waals surface area contributed by atoms with E-state index in [-0.39, 0.29) is 0 Å². The van der Waals surface area contributed by atoms with Crippen LogP contribution in [0, 0.1) is 13.8 Å². The van der Waals surface area contributed by atoms with Crippen LogP contribution in [0.1, 0.15) is 61.9 Å². The Morgan fingerprint density at radius 2 is 1.77 bits per heavy atom. The molecule has 2 fully saturated rings. The number of hydrogen-bond donors (Lipinski definition) is 0. The minimum atomic E-state index is 0.337. The lowest BCUT2D eigenvalue weighted by Gasteiger charge is -2.37. The number of carbonyl (C=O) groups is 1. The topological polar surface area (TPSA) is 41.4 Å². The monoisotopic (exact) mass is 408 g/mol. The Labute approximate surface area is 181 Å². The summed E-state index contributed by atoms with van der Waals surface area (Å²) in [5, 5.41) is 4.55. The van der Waals surface area contributed by atoms with Gasteiger partial charge in [-0.1, -0.05) is 12.1 Å². The molecule has 3 heterocycles. The molecule has 0 unspecified atom stereocenters. The molecule has 162 valence electrons. The zero-order valence-corrected chi connectivity index (χ0v) is 18.6. The van der Waals surface area contributed by atoms with Crippen molar-refractivity contribution in [1.29, 1.82) is 0 Å². The summed E-state index contributed by atoms with van der Waals surface area (Å²) >= 11 is 0. The van der Waals surface area contributed by atoms with Crippen LogP contribution in [0.2, 0.25) is 0 Å². The minimum absolute atomic E-state index is 0.337. The van der Waals surface area contributed by atoms with Gasteiger partial charge in [0.15, 0.2) is 0 Å². The molecule has 0 N–H and O–H groups in total. The average Bonchev–Trinajstić information content (AvgIpc) is 3.40. The van der Waals surface area contributed by atoms with Crippen molar-refractivity contribution in [3.05, 3.63) is 47.3 Å². The smallest absolute Gasteiger partial charge is 0.223 e. The van der Waals surface area contributed by atoms with Gasteiger partial charge in [0.05, 0.1) is 11.4 Å². The second-order valence-electron chi connectivity index (χ2n) is 9.08. The number of rotatable bonds is 7. The van der Waals surface area contributed by atoms with Crippen LogP contribution in [-0.2, 0) is 11.2 Å². The highest BCUT2D eigenvalue weighted by Gasteiger charge is 2.27. The third-order valence-corrected chi connectivity index (χ3v) is 6.74. The van der Waals surface area contributed by atoms with Crippen molar-refractivity contribution in [1.82, 2.24) is 19.6 Å². The van der Waals surface area contributed by atoms with Gasteiger partial charge in [0.25, 0.3) is 0 Å². The number of aromatic nitrogens is 2. The van der Waals surface area contributed by atoms with E-state index in [0.717, 1.165) is 49.4 Å². The number of aryl methyl sites for hydroxylation is 3. The highest BCUT2D eigenvalue weighted by Crippen LogP contribution is 2.22. The van der Waals surface area contributed by atoms with Gasteiger partial charge in [-0.25, -0.2) is 4.68 Å². The predicted molar refractivity (Wildman–Crippen MR) is 121 cm³/mol. The molecule has 1 atom stereocenters.